The molecule has 6 heteroatoms. The molecule has 0 aliphatic heterocycles. The maximum Gasteiger partial charge on any atom is 0.341 e. The minimum atomic E-state index is -0.795. The molecule has 0 atom stereocenters. The summed E-state index contributed by atoms with van der Waals surface area (Å²) in [6.45, 7) is 0. The third-order valence-electron chi connectivity index (χ3n) is 3.75. The zero-order valence-corrected chi connectivity index (χ0v) is 12.4. The van der Waals surface area contributed by atoms with Gasteiger partial charge in [-0.05, 0) is 18.2 Å². The highest BCUT2D eigenvalue weighted by atomic mass is 16.5. The standard InChI is InChI=1S/C17H12O6/c1-22-13-5-3-4-8-14(13)16(20)9-6-11(17(21)23-2)12(18)7-10(9)15(8)19/h3-7,18H,1-2H3. The van der Waals surface area contributed by atoms with E-state index in [1.165, 1.54) is 19.2 Å². The predicted molar refractivity (Wildman–Crippen MR) is 79.3 cm³/mol. The first-order valence-corrected chi connectivity index (χ1v) is 6.71. The molecule has 6 nitrogen and oxygen atoms in total. The number of ether oxygens (including phenoxy) is 2. The van der Waals surface area contributed by atoms with Gasteiger partial charge in [-0.3, -0.25) is 9.59 Å². The number of esters is 1. The molecule has 0 unspecified atom stereocenters. The van der Waals surface area contributed by atoms with Crippen molar-refractivity contribution in [2.75, 3.05) is 14.2 Å². The molecule has 2 aromatic carbocycles. The SMILES string of the molecule is COC(=O)c1cc2c(cc1O)C(=O)c1cccc(OC)c1C2=O. The smallest absolute Gasteiger partial charge is 0.341 e. The number of ketones is 2. The molecular formula is C17H12O6. The van der Waals surface area contributed by atoms with Crippen LogP contribution in [0.15, 0.2) is 30.3 Å². The Bertz CT molecular complexity index is 866. The van der Waals surface area contributed by atoms with Crippen molar-refractivity contribution in [1.29, 1.82) is 0 Å². The molecule has 0 heterocycles. The minimum absolute atomic E-state index is 0.0326. The zero-order valence-electron chi connectivity index (χ0n) is 12.4. The first kappa shape index (κ1) is 14.8. The van der Waals surface area contributed by atoms with Crippen LogP contribution < -0.4 is 4.74 Å². The average Bonchev–Trinajstić information content (AvgIpc) is 2.57. The molecule has 0 bridgehead atoms. The van der Waals surface area contributed by atoms with Crippen molar-refractivity contribution >= 4 is 17.5 Å². The van der Waals surface area contributed by atoms with Gasteiger partial charge in [-0.1, -0.05) is 12.1 Å². The normalized spacial score (nSPS) is 12.4. The summed E-state index contributed by atoms with van der Waals surface area (Å²) < 4.78 is 9.72. The van der Waals surface area contributed by atoms with Crippen molar-refractivity contribution in [2.24, 2.45) is 0 Å². The fourth-order valence-electron chi connectivity index (χ4n) is 2.64. The van der Waals surface area contributed by atoms with Crippen LogP contribution in [0.2, 0.25) is 0 Å². The van der Waals surface area contributed by atoms with E-state index in [0.717, 1.165) is 13.2 Å². The highest BCUT2D eigenvalue weighted by Crippen LogP contribution is 2.35. The maximum absolute atomic E-state index is 12.7. The first-order valence-electron chi connectivity index (χ1n) is 6.71. The van der Waals surface area contributed by atoms with Crippen LogP contribution in [0.25, 0.3) is 0 Å². The minimum Gasteiger partial charge on any atom is -0.507 e. The number of hydrogen-bond donors (Lipinski definition) is 1. The van der Waals surface area contributed by atoms with E-state index in [2.05, 4.69) is 4.74 Å². The molecule has 23 heavy (non-hydrogen) atoms. The third kappa shape index (κ3) is 2.07. The van der Waals surface area contributed by atoms with Gasteiger partial charge in [0.2, 0.25) is 0 Å². The second-order valence-corrected chi connectivity index (χ2v) is 4.95. The summed E-state index contributed by atoms with van der Waals surface area (Å²) in [4.78, 5) is 37.0. The van der Waals surface area contributed by atoms with E-state index in [-0.39, 0.29) is 33.6 Å². The molecule has 2 aromatic rings. The van der Waals surface area contributed by atoms with E-state index in [1.54, 1.807) is 12.1 Å². The van der Waals surface area contributed by atoms with Gasteiger partial charge in [0.15, 0.2) is 11.6 Å². The fourth-order valence-corrected chi connectivity index (χ4v) is 2.64. The van der Waals surface area contributed by atoms with Crippen LogP contribution in [0.4, 0.5) is 0 Å². The first-order chi connectivity index (χ1) is 11.0. The van der Waals surface area contributed by atoms with Crippen LogP contribution in [0.1, 0.15) is 42.2 Å². The van der Waals surface area contributed by atoms with Gasteiger partial charge in [0.25, 0.3) is 0 Å². The lowest BCUT2D eigenvalue weighted by molar-refractivity contribution is 0.0597. The van der Waals surface area contributed by atoms with Crippen molar-refractivity contribution in [1.82, 2.24) is 0 Å². The number of hydrogen-bond acceptors (Lipinski definition) is 6. The van der Waals surface area contributed by atoms with Gasteiger partial charge in [0.05, 0.1) is 19.8 Å². The highest BCUT2D eigenvalue weighted by molar-refractivity contribution is 6.29. The summed E-state index contributed by atoms with van der Waals surface area (Å²) in [6.07, 6.45) is 0. The van der Waals surface area contributed by atoms with Crippen molar-refractivity contribution in [2.45, 2.75) is 0 Å². The molecule has 3 rings (SSSR count). The summed E-state index contributed by atoms with van der Waals surface area (Å²) in [5.74, 6) is -1.80. The number of benzene rings is 2. The molecule has 1 N–H and O–H groups in total. The number of carbonyl (C=O) groups excluding carboxylic acids is 3. The van der Waals surface area contributed by atoms with Gasteiger partial charge < -0.3 is 14.6 Å². The van der Waals surface area contributed by atoms with Crippen molar-refractivity contribution < 1.29 is 29.0 Å². The Morgan fingerprint density at radius 3 is 2.35 bits per heavy atom. The molecular weight excluding hydrogens is 300 g/mol. The fraction of sp³-hybridized carbons (Fsp3) is 0.118. The van der Waals surface area contributed by atoms with Gasteiger partial charge in [-0.2, -0.15) is 0 Å². The summed E-state index contributed by atoms with van der Waals surface area (Å²) >= 11 is 0. The molecule has 0 saturated heterocycles. The molecule has 1 aliphatic carbocycles. The van der Waals surface area contributed by atoms with Gasteiger partial charge in [0.1, 0.15) is 17.1 Å². The van der Waals surface area contributed by atoms with Crippen LogP contribution in [-0.2, 0) is 4.74 Å². The molecule has 1 aliphatic rings. The largest absolute Gasteiger partial charge is 0.507 e. The van der Waals surface area contributed by atoms with Crippen LogP contribution in [-0.4, -0.2) is 36.9 Å². The van der Waals surface area contributed by atoms with Gasteiger partial charge in [-0.25, -0.2) is 4.79 Å². The van der Waals surface area contributed by atoms with E-state index >= 15 is 0 Å². The molecule has 0 fully saturated rings. The number of methoxy groups -OCH3 is 2. The second kappa shape index (κ2) is 5.24. The maximum atomic E-state index is 12.7. The van der Waals surface area contributed by atoms with E-state index in [9.17, 15) is 19.5 Å². The summed E-state index contributed by atoms with van der Waals surface area (Å²) in [6, 6.07) is 7.00. The Hall–Kier alpha value is -3.15. The van der Waals surface area contributed by atoms with Gasteiger partial charge >= 0.3 is 5.97 Å². The molecule has 0 radical (unpaired) electrons. The molecule has 0 amide bonds. The van der Waals surface area contributed by atoms with E-state index < -0.39 is 23.3 Å². The van der Waals surface area contributed by atoms with E-state index in [1.807, 2.05) is 0 Å². The van der Waals surface area contributed by atoms with Crippen molar-refractivity contribution in [3.63, 3.8) is 0 Å². The summed E-state index contributed by atoms with van der Waals surface area (Å²) in [7, 11) is 2.56. The molecule has 0 saturated carbocycles. The second-order valence-electron chi connectivity index (χ2n) is 4.95. The van der Waals surface area contributed by atoms with E-state index in [4.69, 9.17) is 4.74 Å². The van der Waals surface area contributed by atoms with Crippen LogP contribution in [0.3, 0.4) is 0 Å². The lowest BCUT2D eigenvalue weighted by Crippen LogP contribution is -2.22. The molecule has 0 aromatic heterocycles. The summed E-state index contributed by atoms with van der Waals surface area (Å²) in [5, 5.41) is 9.93. The summed E-state index contributed by atoms with van der Waals surface area (Å²) in [5.41, 5.74) is 0.248. The number of phenolic OH excluding ortho intramolecular Hbond substituents is 1. The van der Waals surface area contributed by atoms with Crippen LogP contribution in [0, 0.1) is 0 Å². The Kier molecular flexibility index (Phi) is 3.37. The zero-order chi connectivity index (χ0) is 16.7. The quantitative estimate of drug-likeness (QED) is 0.728. The van der Waals surface area contributed by atoms with Gasteiger partial charge in [0, 0.05) is 16.7 Å². The number of carbonyl (C=O) groups is 3. The Labute approximate surface area is 131 Å². The number of phenols is 1. The molecule has 116 valence electrons. The van der Waals surface area contributed by atoms with Crippen molar-refractivity contribution in [3.05, 3.63) is 58.1 Å². The Morgan fingerprint density at radius 1 is 1.00 bits per heavy atom. The number of fused-ring (bicyclic) bond motifs is 2. The monoisotopic (exact) mass is 312 g/mol. The number of rotatable bonds is 2. The van der Waals surface area contributed by atoms with E-state index in [0.29, 0.717) is 0 Å². The predicted octanol–water partition coefficient (Wildman–Crippen LogP) is 1.96. The lowest BCUT2D eigenvalue weighted by atomic mass is 9.82. The average molecular weight is 312 g/mol. The molecule has 0 spiro atoms. The Morgan fingerprint density at radius 2 is 1.70 bits per heavy atom. The van der Waals surface area contributed by atoms with Crippen molar-refractivity contribution in [3.8, 4) is 11.5 Å². The number of aromatic hydroxyl groups is 1. The third-order valence-corrected chi connectivity index (χ3v) is 3.75. The highest BCUT2D eigenvalue weighted by Gasteiger charge is 2.34. The lowest BCUT2D eigenvalue weighted by Gasteiger charge is -2.20. The Balaban J connectivity index is 2.28. The topological polar surface area (TPSA) is 89.9 Å². The van der Waals surface area contributed by atoms with Crippen LogP contribution >= 0.6 is 0 Å². The van der Waals surface area contributed by atoms with Crippen LogP contribution in [0.5, 0.6) is 11.5 Å². The van der Waals surface area contributed by atoms with Gasteiger partial charge in [-0.15, -0.1) is 0 Å².